The highest BCUT2D eigenvalue weighted by Crippen LogP contribution is 2.25. The number of carboxylic acid groups (broad SMARTS) is 1. The van der Waals surface area contributed by atoms with Gasteiger partial charge in [-0.1, -0.05) is 6.07 Å². The summed E-state index contributed by atoms with van der Waals surface area (Å²) in [5, 5.41) is 24.6. The summed E-state index contributed by atoms with van der Waals surface area (Å²) in [7, 11) is 0. The Morgan fingerprint density at radius 3 is 2.76 bits per heavy atom. The molecule has 1 aromatic heterocycles. The van der Waals surface area contributed by atoms with Crippen LogP contribution in [-0.4, -0.2) is 59.0 Å². The van der Waals surface area contributed by atoms with Crippen LogP contribution >= 0.6 is 0 Å². The average Bonchev–Trinajstić information content (AvgIpc) is 2.99. The monoisotopic (exact) mass is 565 g/mol. The largest absolute Gasteiger partial charge is 0.487 e. The Morgan fingerprint density at radius 1 is 1.22 bits per heavy atom. The number of nitrogens with one attached hydrogen (secondary N) is 2. The number of aromatic nitrogens is 1. The maximum atomic E-state index is 13.9. The number of rotatable bonds is 11. The molecule has 2 aromatic rings. The van der Waals surface area contributed by atoms with Crippen LogP contribution in [-0.2, 0) is 21.0 Å². The summed E-state index contributed by atoms with van der Waals surface area (Å²) >= 11 is 0. The highest BCUT2D eigenvalue weighted by atomic mass is 19.1. The molecule has 0 unspecified atom stereocenters. The summed E-state index contributed by atoms with van der Waals surface area (Å²) in [5.74, 6) is -1.52. The van der Waals surface area contributed by atoms with Crippen molar-refractivity contribution in [2.75, 3.05) is 26.2 Å². The molecule has 2 fully saturated rings. The fourth-order valence-electron chi connectivity index (χ4n) is 5.40. The molecular weight excluding hydrogens is 529 g/mol. The predicted octanol–water partition coefficient (Wildman–Crippen LogP) is 3.32. The minimum Gasteiger partial charge on any atom is -0.487 e. The van der Waals surface area contributed by atoms with Crippen LogP contribution in [0.4, 0.5) is 4.39 Å². The molecule has 0 saturated carbocycles. The molecule has 3 heterocycles. The van der Waals surface area contributed by atoms with Gasteiger partial charge < -0.3 is 25.4 Å². The summed E-state index contributed by atoms with van der Waals surface area (Å²) in [6, 6.07) is 6.68. The minimum atomic E-state index is -1.09. The van der Waals surface area contributed by atoms with Crippen molar-refractivity contribution in [1.82, 2.24) is 20.5 Å². The number of carboxylic acids is 1. The second-order valence-electron chi connectivity index (χ2n) is 10.7. The van der Waals surface area contributed by atoms with E-state index in [9.17, 15) is 23.9 Å². The van der Waals surface area contributed by atoms with Gasteiger partial charge in [0.1, 0.15) is 24.2 Å². The van der Waals surface area contributed by atoms with E-state index in [0.29, 0.717) is 55.1 Å². The molecule has 41 heavy (non-hydrogen) atoms. The van der Waals surface area contributed by atoms with Gasteiger partial charge in [0, 0.05) is 25.7 Å². The highest BCUT2D eigenvalue weighted by molar-refractivity contribution is 5.82. The lowest BCUT2D eigenvalue weighted by Gasteiger charge is -2.33. The van der Waals surface area contributed by atoms with Crippen molar-refractivity contribution in [2.45, 2.75) is 57.6 Å². The van der Waals surface area contributed by atoms with Crippen LogP contribution in [0.1, 0.15) is 67.7 Å². The van der Waals surface area contributed by atoms with Gasteiger partial charge in [-0.15, -0.1) is 0 Å². The van der Waals surface area contributed by atoms with Crippen LogP contribution in [0.2, 0.25) is 0 Å². The standard InChI is InChI=1S/C30H36FN5O5/c31-26-12-21(3-5-22(26)15-32)19-41-25-13-24(16-34-17-25)27(14-29(38)39)35-30(40)23-2-1-11-36(18-23)28(37)6-4-20-7-9-33-10-8-20/h3,5,12-13,16-17,20,23,27,33H,1-2,4,6-11,14,18-19H2,(H,35,40)(H,38,39)/t23-,27+/m1/s1. The number of hydrogen-bond donors (Lipinski definition) is 3. The highest BCUT2D eigenvalue weighted by Gasteiger charge is 2.31. The van der Waals surface area contributed by atoms with Gasteiger partial charge in [-0.25, -0.2) is 4.39 Å². The van der Waals surface area contributed by atoms with Crippen molar-refractivity contribution in [1.29, 1.82) is 5.26 Å². The summed E-state index contributed by atoms with van der Waals surface area (Å²) in [6.07, 6.45) is 7.39. The van der Waals surface area contributed by atoms with E-state index in [1.165, 1.54) is 24.5 Å². The molecule has 0 bridgehead atoms. The number of carbonyl (C=O) groups excluding carboxylic acids is 2. The molecular formula is C30H36FN5O5. The smallest absolute Gasteiger partial charge is 0.305 e. The van der Waals surface area contributed by atoms with Crippen LogP contribution < -0.4 is 15.4 Å². The molecule has 2 aliphatic rings. The van der Waals surface area contributed by atoms with Crippen LogP contribution in [0, 0.1) is 29.0 Å². The van der Waals surface area contributed by atoms with Gasteiger partial charge in [0.15, 0.2) is 0 Å². The van der Waals surface area contributed by atoms with E-state index in [4.69, 9.17) is 10.00 Å². The van der Waals surface area contributed by atoms with E-state index >= 15 is 0 Å². The third-order valence-electron chi connectivity index (χ3n) is 7.76. The zero-order valence-electron chi connectivity index (χ0n) is 23.0. The molecule has 1 aromatic carbocycles. The number of hydrogen-bond acceptors (Lipinski definition) is 7. The number of halogens is 1. The normalized spacial score (nSPS) is 18.2. The quantitative estimate of drug-likeness (QED) is 0.376. The zero-order chi connectivity index (χ0) is 29.2. The Kier molecular flexibility index (Phi) is 10.6. The van der Waals surface area contributed by atoms with Gasteiger partial charge in [0.25, 0.3) is 0 Å². The number of aliphatic carboxylic acids is 1. The van der Waals surface area contributed by atoms with Crippen LogP contribution in [0.25, 0.3) is 0 Å². The molecule has 3 N–H and O–H groups in total. The third-order valence-corrected chi connectivity index (χ3v) is 7.76. The second-order valence-corrected chi connectivity index (χ2v) is 10.7. The van der Waals surface area contributed by atoms with E-state index in [0.717, 1.165) is 32.4 Å². The Hall–Kier alpha value is -4.04. The first-order chi connectivity index (χ1) is 19.8. The number of carbonyl (C=O) groups is 3. The van der Waals surface area contributed by atoms with Crippen LogP contribution in [0.15, 0.2) is 36.7 Å². The van der Waals surface area contributed by atoms with Gasteiger partial charge in [-0.05, 0) is 80.4 Å². The molecule has 10 nitrogen and oxygen atoms in total. The van der Waals surface area contributed by atoms with Gasteiger partial charge in [-0.2, -0.15) is 5.26 Å². The number of likely N-dealkylation sites (tertiary alicyclic amines) is 1. The van der Waals surface area contributed by atoms with E-state index < -0.39 is 23.7 Å². The molecule has 0 aliphatic carbocycles. The number of piperidine rings is 2. The first-order valence-electron chi connectivity index (χ1n) is 14.1. The fraction of sp³-hybridized carbons (Fsp3) is 0.500. The van der Waals surface area contributed by atoms with Crippen molar-refractivity contribution in [3.63, 3.8) is 0 Å². The lowest BCUT2D eigenvalue weighted by Crippen LogP contribution is -2.46. The Balaban J connectivity index is 1.35. The van der Waals surface area contributed by atoms with E-state index in [-0.39, 0.29) is 30.4 Å². The number of ether oxygens (including phenoxy) is 1. The van der Waals surface area contributed by atoms with E-state index in [1.54, 1.807) is 23.1 Å². The molecule has 2 aliphatic heterocycles. The van der Waals surface area contributed by atoms with Gasteiger partial charge in [-0.3, -0.25) is 19.4 Å². The van der Waals surface area contributed by atoms with E-state index in [1.807, 2.05) is 0 Å². The topological polar surface area (TPSA) is 145 Å². The number of nitrogens with zero attached hydrogens (tertiary/aromatic N) is 3. The minimum absolute atomic E-state index is 0.00723. The van der Waals surface area contributed by atoms with Crippen molar-refractivity contribution in [2.24, 2.45) is 11.8 Å². The Morgan fingerprint density at radius 2 is 2.02 bits per heavy atom. The summed E-state index contributed by atoms with van der Waals surface area (Å²) in [5.41, 5.74) is 0.900. The lowest BCUT2D eigenvalue weighted by atomic mass is 9.92. The molecule has 4 rings (SSSR count). The molecule has 2 atom stereocenters. The number of pyridine rings is 1. The third kappa shape index (κ3) is 8.72. The van der Waals surface area contributed by atoms with Gasteiger partial charge >= 0.3 is 5.97 Å². The Labute approximate surface area is 238 Å². The first kappa shape index (κ1) is 29.9. The van der Waals surface area contributed by atoms with Crippen molar-refractivity contribution in [3.05, 3.63) is 59.2 Å². The molecule has 2 saturated heterocycles. The number of benzene rings is 1. The van der Waals surface area contributed by atoms with Crippen molar-refractivity contribution < 1.29 is 28.6 Å². The average molecular weight is 566 g/mol. The first-order valence-corrected chi connectivity index (χ1v) is 14.1. The fourth-order valence-corrected chi connectivity index (χ4v) is 5.40. The summed E-state index contributed by atoms with van der Waals surface area (Å²) in [4.78, 5) is 43.7. The molecule has 0 radical (unpaired) electrons. The van der Waals surface area contributed by atoms with Crippen molar-refractivity contribution in [3.8, 4) is 11.8 Å². The summed E-state index contributed by atoms with van der Waals surface area (Å²) in [6.45, 7) is 2.93. The van der Waals surface area contributed by atoms with Crippen LogP contribution in [0.3, 0.4) is 0 Å². The van der Waals surface area contributed by atoms with Gasteiger partial charge in [0.2, 0.25) is 11.8 Å². The lowest BCUT2D eigenvalue weighted by molar-refractivity contribution is -0.138. The predicted molar refractivity (Wildman–Crippen MR) is 147 cm³/mol. The zero-order valence-corrected chi connectivity index (χ0v) is 23.0. The number of amides is 2. The SMILES string of the molecule is N#Cc1ccc(COc2cncc([C@H](CC(=O)O)NC(=O)[C@@H]3CCCN(C(=O)CCC4CCNCC4)C3)c2)cc1F. The van der Waals surface area contributed by atoms with E-state index in [2.05, 4.69) is 15.6 Å². The molecule has 11 heteroatoms. The molecule has 0 spiro atoms. The molecule has 2 amide bonds. The maximum absolute atomic E-state index is 13.9. The summed E-state index contributed by atoms with van der Waals surface area (Å²) < 4.78 is 19.6. The van der Waals surface area contributed by atoms with Crippen molar-refractivity contribution >= 4 is 17.8 Å². The maximum Gasteiger partial charge on any atom is 0.305 e. The number of nitriles is 1. The van der Waals surface area contributed by atoms with Gasteiger partial charge in [0.05, 0.1) is 30.1 Å². The van der Waals surface area contributed by atoms with Crippen LogP contribution in [0.5, 0.6) is 5.75 Å². The Bertz CT molecular complexity index is 1280. The second kappa shape index (κ2) is 14.6. The molecule has 218 valence electrons.